The van der Waals surface area contributed by atoms with Gasteiger partial charge in [-0.05, 0) is 12.1 Å². The van der Waals surface area contributed by atoms with Crippen LogP contribution in [-0.2, 0) is 11.8 Å². The lowest BCUT2D eigenvalue weighted by molar-refractivity contribution is -0.113. The Morgan fingerprint density at radius 1 is 1.28 bits per heavy atom. The highest BCUT2D eigenvalue weighted by atomic mass is 32.2. The van der Waals surface area contributed by atoms with Crippen LogP contribution in [-0.4, -0.2) is 44.7 Å². The van der Waals surface area contributed by atoms with E-state index >= 15 is 0 Å². The molecule has 13 heteroatoms. The summed E-state index contributed by atoms with van der Waals surface area (Å²) >= 11 is 2.12. The molecule has 0 saturated carbocycles. The van der Waals surface area contributed by atoms with E-state index in [1.54, 1.807) is 7.05 Å². The topological polar surface area (TPSA) is 111 Å². The molecule has 0 saturated heterocycles. The number of anilines is 2. The van der Waals surface area contributed by atoms with Crippen LogP contribution >= 0.6 is 23.1 Å². The quantitative estimate of drug-likeness (QED) is 0.429. The van der Waals surface area contributed by atoms with E-state index in [4.69, 9.17) is 4.74 Å². The Hall–Kier alpha value is -3.06. The summed E-state index contributed by atoms with van der Waals surface area (Å²) in [7, 11) is 3.06. The maximum atomic E-state index is 13.6. The minimum atomic E-state index is -0.866. The van der Waals surface area contributed by atoms with Gasteiger partial charge in [0.05, 0.1) is 18.6 Å². The molecule has 2 N–H and O–H groups in total. The Labute approximate surface area is 171 Å². The van der Waals surface area contributed by atoms with Gasteiger partial charge in [0.15, 0.2) is 4.34 Å². The fourth-order valence-corrected chi connectivity index (χ4v) is 3.71. The third kappa shape index (κ3) is 5.26. The molecule has 1 aromatic carbocycles. The van der Waals surface area contributed by atoms with Gasteiger partial charge in [0.2, 0.25) is 16.9 Å². The summed E-state index contributed by atoms with van der Waals surface area (Å²) in [6.07, 6.45) is 1.50. The van der Waals surface area contributed by atoms with E-state index in [9.17, 15) is 18.4 Å². The number of hydrogen-bond donors (Lipinski definition) is 2. The third-order valence-electron chi connectivity index (χ3n) is 3.39. The number of halogens is 2. The van der Waals surface area contributed by atoms with Gasteiger partial charge in [-0.15, -0.1) is 15.3 Å². The zero-order chi connectivity index (χ0) is 21.0. The van der Waals surface area contributed by atoms with Gasteiger partial charge < -0.3 is 10.1 Å². The van der Waals surface area contributed by atoms with Crippen LogP contribution in [0.2, 0.25) is 0 Å². The van der Waals surface area contributed by atoms with E-state index in [0.29, 0.717) is 10.4 Å². The third-order valence-corrected chi connectivity index (χ3v) is 5.36. The number of ether oxygens (including phenoxy) is 1. The molecule has 0 radical (unpaired) electrons. The average molecular weight is 440 g/mol. The molecular formula is C16H14F2N6O3S2. The summed E-state index contributed by atoms with van der Waals surface area (Å²) in [5.41, 5.74) is 0.118. The molecule has 152 valence electrons. The second-order valence-electron chi connectivity index (χ2n) is 5.51. The van der Waals surface area contributed by atoms with Crippen molar-refractivity contribution in [3.05, 3.63) is 41.6 Å². The van der Waals surface area contributed by atoms with Gasteiger partial charge >= 0.3 is 0 Å². The van der Waals surface area contributed by atoms with Crippen LogP contribution in [0.25, 0.3) is 0 Å². The van der Waals surface area contributed by atoms with Crippen molar-refractivity contribution in [2.45, 2.75) is 4.34 Å². The molecule has 0 aliphatic carbocycles. The average Bonchev–Trinajstić information content (AvgIpc) is 3.28. The van der Waals surface area contributed by atoms with Crippen LogP contribution in [0.3, 0.4) is 0 Å². The standard InChI is InChI=1S/C16H14F2N6O3S2/c1-24-6-9(14(23-24)27-2)13(26)20-15-21-22-16(29-15)28-7-12(25)19-11-4-3-8(17)5-10(11)18/h3-6H,7H2,1-2H3,(H,19,25)(H,20,21,26). The molecule has 2 heterocycles. The SMILES string of the molecule is COc1nn(C)cc1C(=O)Nc1nnc(SCC(=O)Nc2ccc(F)cc2F)s1. The monoisotopic (exact) mass is 440 g/mol. The van der Waals surface area contributed by atoms with Crippen molar-refractivity contribution in [2.75, 3.05) is 23.5 Å². The van der Waals surface area contributed by atoms with E-state index in [0.717, 1.165) is 35.2 Å². The molecule has 0 aliphatic heterocycles. The number of hydrogen-bond acceptors (Lipinski definition) is 8. The van der Waals surface area contributed by atoms with Crippen LogP contribution in [0.5, 0.6) is 5.88 Å². The Kier molecular flexibility index (Phi) is 6.39. The molecule has 0 fully saturated rings. The minimum Gasteiger partial charge on any atom is -0.479 e. The predicted octanol–water partition coefficient (Wildman–Crippen LogP) is 2.54. The van der Waals surface area contributed by atoms with Crippen LogP contribution in [0.4, 0.5) is 19.6 Å². The smallest absolute Gasteiger partial charge is 0.264 e. The van der Waals surface area contributed by atoms with Crippen LogP contribution < -0.4 is 15.4 Å². The number of aryl methyl sites for hydroxylation is 1. The zero-order valence-corrected chi connectivity index (χ0v) is 16.7. The molecule has 0 aliphatic rings. The fourth-order valence-electron chi connectivity index (χ4n) is 2.16. The summed E-state index contributed by atoms with van der Waals surface area (Å²) in [4.78, 5) is 24.2. The van der Waals surface area contributed by atoms with Gasteiger partial charge in [-0.1, -0.05) is 23.1 Å². The van der Waals surface area contributed by atoms with Gasteiger partial charge in [0.25, 0.3) is 5.91 Å². The number of methoxy groups -OCH3 is 1. The zero-order valence-electron chi connectivity index (χ0n) is 15.1. The maximum absolute atomic E-state index is 13.6. The Bertz CT molecular complexity index is 1060. The molecule has 2 amide bonds. The second kappa shape index (κ2) is 8.96. The van der Waals surface area contributed by atoms with E-state index < -0.39 is 23.4 Å². The number of benzene rings is 1. The van der Waals surface area contributed by atoms with Gasteiger partial charge in [0, 0.05) is 19.3 Å². The summed E-state index contributed by atoms with van der Waals surface area (Å²) < 4.78 is 33.3. The van der Waals surface area contributed by atoms with Crippen LogP contribution in [0.1, 0.15) is 10.4 Å². The summed E-state index contributed by atoms with van der Waals surface area (Å²) in [5, 5.41) is 16.9. The number of aromatic nitrogens is 4. The summed E-state index contributed by atoms with van der Waals surface area (Å²) in [6, 6.07) is 2.86. The van der Waals surface area contributed by atoms with Crippen molar-refractivity contribution >= 4 is 45.7 Å². The number of rotatable bonds is 7. The molecule has 0 spiro atoms. The molecule has 29 heavy (non-hydrogen) atoms. The number of carbonyl (C=O) groups is 2. The maximum Gasteiger partial charge on any atom is 0.264 e. The lowest BCUT2D eigenvalue weighted by Gasteiger charge is -2.05. The van der Waals surface area contributed by atoms with Crippen molar-refractivity contribution in [1.29, 1.82) is 0 Å². The molecule has 3 aromatic rings. The number of nitrogens with one attached hydrogen (secondary N) is 2. The second-order valence-corrected chi connectivity index (χ2v) is 7.71. The van der Waals surface area contributed by atoms with E-state index in [1.807, 2.05) is 0 Å². The van der Waals surface area contributed by atoms with Crippen molar-refractivity contribution in [2.24, 2.45) is 7.05 Å². The van der Waals surface area contributed by atoms with Crippen molar-refractivity contribution < 1.29 is 23.1 Å². The molecular weight excluding hydrogens is 426 g/mol. The highest BCUT2D eigenvalue weighted by Gasteiger charge is 2.18. The largest absolute Gasteiger partial charge is 0.479 e. The molecule has 9 nitrogen and oxygen atoms in total. The van der Waals surface area contributed by atoms with Crippen molar-refractivity contribution in [3.63, 3.8) is 0 Å². The van der Waals surface area contributed by atoms with E-state index in [1.165, 1.54) is 18.0 Å². The van der Waals surface area contributed by atoms with Crippen LogP contribution in [0.15, 0.2) is 28.7 Å². The highest BCUT2D eigenvalue weighted by molar-refractivity contribution is 8.01. The first kappa shape index (κ1) is 20.7. The number of carbonyl (C=O) groups excluding carboxylic acids is 2. The summed E-state index contributed by atoms with van der Waals surface area (Å²) in [5.74, 6) is -2.46. The first-order chi connectivity index (χ1) is 13.9. The number of thioether (sulfide) groups is 1. The Morgan fingerprint density at radius 2 is 2.07 bits per heavy atom. The highest BCUT2D eigenvalue weighted by Crippen LogP contribution is 2.27. The first-order valence-corrected chi connectivity index (χ1v) is 9.76. The van der Waals surface area contributed by atoms with Gasteiger partial charge in [-0.25, -0.2) is 8.78 Å². The Balaban J connectivity index is 1.54. The number of amides is 2. The molecule has 3 rings (SSSR count). The van der Waals surface area contributed by atoms with E-state index in [2.05, 4.69) is 25.9 Å². The van der Waals surface area contributed by atoms with Gasteiger partial charge in [-0.2, -0.15) is 0 Å². The minimum absolute atomic E-state index is 0.0736. The van der Waals surface area contributed by atoms with Crippen molar-refractivity contribution in [3.8, 4) is 5.88 Å². The normalized spacial score (nSPS) is 10.6. The number of nitrogens with zero attached hydrogens (tertiary/aromatic N) is 4. The molecule has 0 atom stereocenters. The van der Waals surface area contributed by atoms with Crippen LogP contribution in [0, 0.1) is 11.6 Å². The lowest BCUT2D eigenvalue weighted by Crippen LogP contribution is -2.15. The predicted molar refractivity (Wildman–Crippen MR) is 103 cm³/mol. The first-order valence-electron chi connectivity index (χ1n) is 7.96. The molecule has 0 unspecified atom stereocenters. The Morgan fingerprint density at radius 3 is 2.79 bits per heavy atom. The van der Waals surface area contributed by atoms with Crippen molar-refractivity contribution in [1.82, 2.24) is 20.0 Å². The lowest BCUT2D eigenvalue weighted by atomic mass is 10.3. The van der Waals surface area contributed by atoms with E-state index in [-0.39, 0.29) is 28.0 Å². The molecule has 0 bridgehead atoms. The fraction of sp³-hybridized carbons (Fsp3) is 0.188. The molecule has 2 aromatic heterocycles. The summed E-state index contributed by atoms with van der Waals surface area (Å²) in [6.45, 7) is 0. The van der Waals surface area contributed by atoms with Gasteiger partial charge in [-0.3, -0.25) is 19.6 Å². The van der Waals surface area contributed by atoms with Gasteiger partial charge in [0.1, 0.15) is 17.2 Å².